The smallest absolute Gasteiger partial charge is 0.231 e. The molecule has 0 saturated carbocycles. The number of rotatable bonds is 4. The number of hydrogen-bond acceptors (Lipinski definition) is 5. The number of likely N-dealkylation sites (tertiary alicyclic amines) is 1. The monoisotopic (exact) mass is 393 g/mol. The number of piperidine rings is 1. The van der Waals surface area contributed by atoms with Crippen LogP contribution in [0.25, 0.3) is 0 Å². The molecule has 2 aromatic rings. The number of piperazine rings is 1. The maximum Gasteiger partial charge on any atom is 0.231 e. The number of anilines is 1. The fraction of sp³-hybridized carbons (Fsp3) is 0.500. The standard InChI is InChI=1S/C24H31N3O2/c1-19-6-2-3-9-22(19)27-14-12-26(13-15-27)21-8-5-11-25(17-21)16-20-7-4-10-23-24(20)29-18-28-23/h2-4,6-7,9-10,21H,5,8,11-18H2,1H3/t21-/m0/s1. The van der Waals surface area contributed by atoms with E-state index in [9.17, 15) is 0 Å². The minimum absolute atomic E-state index is 0.347. The first-order valence-electron chi connectivity index (χ1n) is 10.9. The highest BCUT2D eigenvalue weighted by Gasteiger charge is 2.29. The van der Waals surface area contributed by atoms with Crippen LogP contribution in [0.3, 0.4) is 0 Å². The second-order valence-corrected chi connectivity index (χ2v) is 8.49. The van der Waals surface area contributed by atoms with Gasteiger partial charge in [-0.05, 0) is 44.0 Å². The van der Waals surface area contributed by atoms with Gasteiger partial charge in [-0.2, -0.15) is 0 Å². The fourth-order valence-corrected chi connectivity index (χ4v) is 5.08. The Hall–Kier alpha value is -2.24. The maximum absolute atomic E-state index is 5.71. The van der Waals surface area contributed by atoms with Crippen molar-refractivity contribution in [3.05, 3.63) is 53.6 Å². The number of ether oxygens (including phenoxy) is 2. The van der Waals surface area contributed by atoms with Crippen molar-refractivity contribution in [1.29, 1.82) is 0 Å². The molecule has 5 nitrogen and oxygen atoms in total. The third kappa shape index (κ3) is 3.94. The molecule has 2 saturated heterocycles. The average molecular weight is 394 g/mol. The van der Waals surface area contributed by atoms with E-state index in [1.807, 2.05) is 6.07 Å². The lowest BCUT2D eigenvalue weighted by Crippen LogP contribution is -2.55. The minimum atomic E-state index is 0.347. The van der Waals surface area contributed by atoms with Crippen molar-refractivity contribution >= 4 is 5.69 Å². The number of hydrogen-bond donors (Lipinski definition) is 0. The summed E-state index contributed by atoms with van der Waals surface area (Å²) >= 11 is 0. The van der Waals surface area contributed by atoms with Crippen LogP contribution in [0.5, 0.6) is 11.5 Å². The summed E-state index contributed by atoms with van der Waals surface area (Å²) in [6.45, 7) is 10.4. The molecule has 2 aromatic carbocycles. The van der Waals surface area contributed by atoms with Crippen LogP contribution in [0.4, 0.5) is 5.69 Å². The van der Waals surface area contributed by atoms with Gasteiger partial charge >= 0.3 is 0 Å². The lowest BCUT2D eigenvalue weighted by molar-refractivity contribution is 0.0880. The van der Waals surface area contributed by atoms with Crippen LogP contribution in [0.15, 0.2) is 42.5 Å². The number of fused-ring (bicyclic) bond motifs is 1. The van der Waals surface area contributed by atoms with E-state index >= 15 is 0 Å². The Bertz CT molecular complexity index is 848. The SMILES string of the molecule is Cc1ccccc1N1CCN([C@H]2CCCN(Cc3cccc4c3OCO4)C2)CC1. The van der Waals surface area contributed by atoms with E-state index in [1.165, 1.54) is 36.2 Å². The Morgan fingerprint density at radius 3 is 2.66 bits per heavy atom. The molecule has 0 unspecified atom stereocenters. The van der Waals surface area contributed by atoms with Crippen molar-refractivity contribution in [1.82, 2.24) is 9.80 Å². The first-order chi connectivity index (χ1) is 14.3. The Labute approximate surface area is 173 Å². The minimum Gasteiger partial charge on any atom is -0.454 e. The van der Waals surface area contributed by atoms with Gasteiger partial charge < -0.3 is 14.4 Å². The molecule has 5 heteroatoms. The van der Waals surface area contributed by atoms with Gasteiger partial charge in [-0.25, -0.2) is 0 Å². The van der Waals surface area contributed by atoms with E-state index in [1.54, 1.807) is 0 Å². The van der Waals surface area contributed by atoms with E-state index in [0.29, 0.717) is 12.8 Å². The van der Waals surface area contributed by atoms with E-state index < -0.39 is 0 Å². The normalized spacial score (nSPS) is 22.8. The summed E-state index contributed by atoms with van der Waals surface area (Å²) < 4.78 is 11.3. The van der Waals surface area contributed by atoms with Crippen molar-refractivity contribution in [3.8, 4) is 11.5 Å². The lowest BCUT2D eigenvalue weighted by atomic mass is 10.0. The molecule has 1 atom stereocenters. The van der Waals surface area contributed by atoms with Crippen LogP contribution < -0.4 is 14.4 Å². The van der Waals surface area contributed by atoms with Gasteiger partial charge in [0, 0.05) is 56.6 Å². The fourth-order valence-electron chi connectivity index (χ4n) is 5.08. The number of aryl methyl sites for hydroxylation is 1. The predicted octanol–water partition coefficient (Wildman–Crippen LogP) is 3.51. The van der Waals surface area contributed by atoms with Crippen LogP contribution in [-0.2, 0) is 6.54 Å². The van der Waals surface area contributed by atoms with Crippen LogP contribution in [0.1, 0.15) is 24.0 Å². The van der Waals surface area contributed by atoms with Gasteiger partial charge in [0.2, 0.25) is 6.79 Å². The quantitative estimate of drug-likeness (QED) is 0.793. The van der Waals surface area contributed by atoms with Crippen LogP contribution >= 0.6 is 0 Å². The molecule has 0 spiro atoms. The van der Waals surface area contributed by atoms with E-state index in [2.05, 4.69) is 58.0 Å². The summed E-state index contributed by atoms with van der Waals surface area (Å²) in [6.07, 6.45) is 2.59. The van der Waals surface area contributed by atoms with Crippen LogP contribution in [-0.4, -0.2) is 61.9 Å². The predicted molar refractivity (Wildman–Crippen MR) is 116 cm³/mol. The Balaban J connectivity index is 1.19. The summed E-state index contributed by atoms with van der Waals surface area (Å²) in [6, 6.07) is 15.7. The first-order valence-corrected chi connectivity index (χ1v) is 10.9. The number of nitrogens with zero attached hydrogens (tertiary/aromatic N) is 3. The molecule has 0 radical (unpaired) electrons. The summed E-state index contributed by atoms with van der Waals surface area (Å²) in [4.78, 5) is 7.87. The van der Waals surface area contributed by atoms with Gasteiger partial charge in [0.1, 0.15) is 0 Å². The highest BCUT2D eigenvalue weighted by Crippen LogP contribution is 2.36. The molecule has 3 aliphatic heterocycles. The Morgan fingerprint density at radius 2 is 1.79 bits per heavy atom. The largest absolute Gasteiger partial charge is 0.454 e. The van der Waals surface area contributed by atoms with Crippen LogP contribution in [0.2, 0.25) is 0 Å². The zero-order chi connectivity index (χ0) is 19.6. The van der Waals surface area contributed by atoms with E-state index in [-0.39, 0.29) is 0 Å². The molecule has 5 rings (SSSR count). The molecular weight excluding hydrogens is 362 g/mol. The average Bonchev–Trinajstić information content (AvgIpc) is 3.25. The first kappa shape index (κ1) is 18.8. The molecule has 0 N–H and O–H groups in total. The second-order valence-electron chi connectivity index (χ2n) is 8.49. The van der Waals surface area contributed by atoms with Gasteiger partial charge in [-0.1, -0.05) is 30.3 Å². The number of para-hydroxylation sites is 2. The highest BCUT2D eigenvalue weighted by atomic mass is 16.7. The second kappa shape index (κ2) is 8.25. The van der Waals surface area contributed by atoms with Crippen molar-refractivity contribution < 1.29 is 9.47 Å². The molecule has 3 aliphatic rings. The zero-order valence-electron chi connectivity index (χ0n) is 17.3. The summed E-state index contributed by atoms with van der Waals surface area (Å²) in [5.74, 6) is 1.84. The number of benzene rings is 2. The highest BCUT2D eigenvalue weighted by molar-refractivity contribution is 5.53. The van der Waals surface area contributed by atoms with Crippen molar-refractivity contribution in [2.45, 2.75) is 32.4 Å². The Kier molecular flexibility index (Phi) is 5.34. The molecule has 0 aromatic heterocycles. The molecule has 0 amide bonds. The van der Waals surface area contributed by atoms with Gasteiger partial charge in [0.15, 0.2) is 11.5 Å². The van der Waals surface area contributed by atoms with Crippen molar-refractivity contribution in [3.63, 3.8) is 0 Å². The summed E-state index contributed by atoms with van der Waals surface area (Å²) in [5, 5.41) is 0. The molecule has 0 aliphatic carbocycles. The molecule has 2 fully saturated rings. The topological polar surface area (TPSA) is 28.2 Å². The molecule has 154 valence electrons. The van der Waals surface area contributed by atoms with Gasteiger partial charge in [0.25, 0.3) is 0 Å². The summed E-state index contributed by atoms with van der Waals surface area (Å²) in [7, 11) is 0. The van der Waals surface area contributed by atoms with Crippen LogP contribution in [0, 0.1) is 6.92 Å². The third-order valence-electron chi connectivity index (χ3n) is 6.64. The van der Waals surface area contributed by atoms with Gasteiger partial charge in [0.05, 0.1) is 0 Å². The zero-order valence-corrected chi connectivity index (χ0v) is 17.3. The lowest BCUT2D eigenvalue weighted by Gasteiger charge is -2.44. The van der Waals surface area contributed by atoms with E-state index in [0.717, 1.165) is 50.8 Å². The molecular formula is C24H31N3O2. The van der Waals surface area contributed by atoms with Gasteiger partial charge in [-0.15, -0.1) is 0 Å². The van der Waals surface area contributed by atoms with E-state index in [4.69, 9.17) is 9.47 Å². The van der Waals surface area contributed by atoms with Gasteiger partial charge in [-0.3, -0.25) is 9.80 Å². The summed E-state index contributed by atoms with van der Waals surface area (Å²) in [5.41, 5.74) is 4.04. The Morgan fingerprint density at radius 1 is 0.931 bits per heavy atom. The third-order valence-corrected chi connectivity index (χ3v) is 6.64. The molecule has 29 heavy (non-hydrogen) atoms. The molecule has 3 heterocycles. The van der Waals surface area contributed by atoms with Crippen molar-refractivity contribution in [2.75, 3.05) is 51.0 Å². The maximum atomic E-state index is 5.71. The molecule has 0 bridgehead atoms. The van der Waals surface area contributed by atoms with Crippen molar-refractivity contribution in [2.24, 2.45) is 0 Å².